The molecule has 0 spiro atoms. The molecule has 6 rings (SSSR count). The van der Waals surface area contributed by atoms with Gasteiger partial charge in [-0.2, -0.15) is 13.5 Å². The van der Waals surface area contributed by atoms with Crippen LogP contribution in [0.5, 0.6) is 11.5 Å². The minimum absolute atomic E-state index is 0. The van der Waals surface area contributed by atoms with Crippen LogP contribution in [0, 0.1) is 0 Å². The van der Waals surface area contributed by atoms with Crippen molar-refractivity contribution in [3.63, 3.8) is 0 Å². The standard InChI is InChI=1S/2C16H11ClN2O4S.Ba/c2*17-13-3-1-2-4-14(13)18-19-16-12-7-6-11(24(21,22)23)9-10(12)5-8-15(16)20;/h2*1-9,20H,(H,21,22,23);/q;;+2/p-2. The second kappa shape index (κ2) is 16.1. The van der Waals surface area contributed by atoms with E-state index in [2.05, 4.69) is 20.5 Å². The quantitative estimate of drug-likeness (QED) is 0.0944. The van der Waals surface area contributed by atoms with Gasteiger partial charge in [-0.25, -0.2) is 8.42 Å². The van der Waals surface area contributed by atoms with E-state index in [9.17, 15) is 31.6 Å². The average molecular weight is 861 g/mol. The fourth-order valence-corrected chi connectivity index (χ4v) is 5.72. The topological polar surface area (TPSA) is 204 Å². The number of aromatic hydroxyl groups is 1. The Morgan fingerprint density at radius 2 is 1.06 bits per heavy atom. The number of phenolic OH excluding ortho intramolecular Hbond substituents is 1. The molecular formula is C32H20BaCl2N4O8S2. The third-order valence-corrected chi connectivity index (χ3v) is 8.99. The van der Waals surface area contributed by atoms with E-state index >= 15 is 0 Å². The summed E-state index contributed by atoms with van der Waals surface area (Å²) in [4.78, 5) is -0.614. The number of azo groups is 2. The van der Waals surface area contributed by atoms with Gasteiger partial charge in [-0.1, -0.05) is 83.5 Å². The molecule has 0 amide bonds. The number of hydrogen-bond donors (Lipinski definition) is 2. The van der Waals surface area contributed by atoms with E-state index in [0.29, 0.717) is 43.0 Å². The molecule has 0 heterocycles. The molecule has 244 valence electrons. The number of hydrogen-bond acceptors (Lipinski definition) is 11. The van der Waals surface area contributed by atoms with E-state index in [0.717, 1.165) is 6.07 Å². The van der Waals surface area contributed by atoms with Crippen molar-refractivity contribution in [3.05, 3.63) is 119 Å². The first-order chi connectivity index (χ1) is 22.7. The summed E-state index contributed by atoms with van der Waals surface area (Å²) >= 11 is 12.0. The Labute approximate surface area is 330 Å². The molecular weight excluding hydrogens is 841 g/mol. The fourth-order valence-electron chi connectivity index (χ4n) is 4.35. The second-order valence-electron chi connectivity index (χ2n) is 9.84. The van der Waals surface area contributed by atoms with Gasteiger partial charge in [0.05, 0.1) is 25.5 Å². The molecule has 12 nitrogen and oxygen atoms in total. The van der Waals surface area contributed by atoms with Crippen LogP contribution in [0.15, 0.2) is 139 Å². The molecule has 0 atom stereocenters. The van der Waals surface area contributed by atoms with E-state index in [1.165, 1.54) is 54.6 Å². The molecule has 0 radical (unpaired) electrons. The molecule has 0 aliphatic carbocycles. The Morgan fingerprint density at radius 1 is 0.592 bits per heavy atom. The maximum absolute atomic E-state index is 12.1. The van der Waals surface area contributed by atoms with Crippen LogP contribution < -0.4 is 5.11 Å². The molecule has 6 aromatic carbocycles. The Kier molecular flexibility index (Phi) is 12.6. The summed E-state index contributed by atoms with van der Waals surface area (Å²) < 4.78 is 64.9. The smallest absolute Gasteiger partial charge is 0.871 e. The van der Waals surface area contributed by atoms with Gasteiger partial charge in [0.1, 0.15) is 32.9 Å². The van der Waals surface area contributed by atoms with Crippen molar-refractivity contribution in [1.29, 1.82) is 0 Å². The van der Waals surface area contributed by atoms with Crippen LogP contribution in [-0.4, -0.2) is 79.9 Å². The van der Waals surface area contributed by atoms with Crippen LogP contribution in [-0.2, 0) is 20.2 Å². The monoisotopic (exact) mass is 860 g/mol. The normalized spacial score (nSPS) is 11.8. The summed E-state index contributed by atoms with van der Waals surface area (Å²) in [6.45, 7) is 0. The molecule has 0 aromatic heterocycles. The van der Waals surface area contributed by atoms with Gasteiger partial charge in [-0.05, 0) is 65.4 Å². The number of phenols is 1. The molecule has 6 aromatic rings. The third kappa shape index (κ3) is 9.44. The van der Waals surface area contributed by atoms with E-state index < -0.39 is 20.2 Å². The number of benzene rings is 6. The molecule has 0 saturated heterocycles. The average Bonchev–Trinajstić information content (AvgIpc) is 3.04. The Balaban J connectivity index is 0.000000216. The number of rotatable bonds is 6. The minimum atomic E-state index is -4.58. The molecule has 0 aliphatic rings. The zero-order valence-corrected chi connectivity index (χ0v) is 32.4. The maximum atomic E-state index is 12.1. The van der Waals surface area contributed by atoms with Gasteiger partial charge in [0.25, 0.3) is 10.1 Å². The Hall–Kier alpha value is -3.39. The largest absolute Gasteiger partial charge is 2.00 e. The number of nitrogens with zero attached hydrogens (tertiary/aromatic N) is 4. The molecule has 0 unspecified atom stereocenters. The third-order valence-electron chi connectivity index (χ3n) is 6.67. The zero-order chi connectivity index (χ0) is 34.6. The predicted molar refractivity (Wildman–Crippen MR) is 184 cm³/mol. The van der Waals surface area contributed by atoms with Gasteiger partial charge in [0.2, 0.25) is 0 Å². The van der Waals surface area contributed by atoms with E-state index in [1.807, 2.05) is 0 Å². The SMILES string of the molecule is O=S(=O)(O)c1ccc2c(N=Nc3ccccc3Cl)c(O)ccc2c1.O=S(=O)([O-])c1ccc2c(N=Nc3ccccc3Cl)c([O-])ccc2c1.[Ba+2]. The summed E-state index contributed by atoms with van der Waals surface area (Å²) in [5.41, 5.74) is 1.05. The first kappa shape index (κ1) is 38.4. The fraction of sp³-hybridized carbons (Fsp3) is 0. The van der Waals surface area contributed by atoms with E-state index in [4.69, 9.17) is 27.8 Å². The molecule has 0 bridgehead atoms. The minimum Gasteiger partial charge on any atom is -0.871 e. The van der Waals surface area contributed by atoms with Gasteiger partial charge in [-0.3, -0.25) is 4.55 Å². The summed E-state index contributed by atoms with van der Waals surface area (Å²) in [7, 11) is -8.89. The molecule has 17 heteroatoms. The first-order valence-corrected chi connectivity index (χ1v) is 17.1. The number of halogens is 2. The van der Waals surface area contributed by atoms with Gasteiger partial charge < -0.3 is 14.8 Å². The van der Waals surface area contributed by atoms with Crippen molar-refractivity contribution in [2.75, 3.05) is 0 Å². The van der Waals surface area contributed by atoms with Crippen molar-refractivity contribution in [2.45, 2.75) is 9.79 Å². The molecule has 49 heavy (non-hydrogen) atoms. The van der Waals surface area contributed by atoms with E-state index in [-0.39, 0.29) is 81.5 Å². The molecule has 2 N–H and O–H groups in total. The van der Waals surface area contributed by atoms with Gasteiger partial charge in [0.15, 0.2) is 0 Å². The van der Waals surface area contributed by atoms with Gasteiger partial charge in [-0.15, -0.1) is 15.3 Å². The van der Waals surface area contributed by atoms with Crippen molar-refractivity contribution >= 4 is 137 Å². The van der Waals surface area contributed by atoms with Crippen LogP contribution >= 0.6 is 23.2 Å². The van der Waals surface area contributed by atoms with Crippen LogP contribution in [0.3, 0.4) is 0 Å². The van der Waals surface area contributed by atoms with Crippen molar-refractivity contribution in [2.24, 2.45) is 20.5 Å². The molecule has 0 saturated carbocycles. The maximum Gasteiger partial charge on any atom is 2.00 e. The van der Waals surface area contributed by atoms with Crippen LogP contribution in [0.1, 0.15) is 0 Å². The molecule has 0 fully saturated rings. The number of fused-ring (bicyclic) bond motifs is 2. The summed E-state index contributed by atoms with van der Waals surface area (Å²) in [6.07, 6.45) is 0. The molecule has 0 aliphatic heterocycles. The second-order valence-corrected chi connectivity index (χ2v) is 13.5. The summed E-state index contributed by atoms with van der Waals surface area (Å²) in [5, 5.41) is 40.6. The van der Waals surface area contributed by atoms with E-state index in [1.54, 1.807) is 48.5 Å². The van der Waals surface area contributed by atoms with Crippen molar-refractivity contribution < 1.29 is 36.2 Å². The zero-order valence-electron chi connectivity index (χ0n) is 24.8. The van der Waals surface area contributed by atoms with Gasteiger partial charge >= 0.3 is 48.9 Å². The summed E-state index contributed by atoms with van der Waals surface area (Å²) in [6, 6.07) is 26.8. The predicted octanol–water partition coefficient (Wildman–Crippen LogP) is 8.37. The Bertz CT molecular complexity index is 2310. The van der Waals surface area contributed by atoms with Gasteiger partial charge in [0, 0.05) is 10.8 Å². The van der Waals surface area contributed by atoms with Crippen LogP contribution in [0.4, 0.5) is 22.7 Å². The summed E-state index contributed by atoms with van der Waals surface area (Å²) in [5.74, 6) is -0.492. The van der Waals surface area contributed by atoms with Crippen LogP contribution in [0.2, 0.25) is 10.0 Å². The van der Waals surface area contributed by atoms with Crippen molar-refractivity contribution in [3.8, 4) is 11.5 Å². The van der Waals surface area contributed by atoms with Crippen molar-refractivity contribution in [1.82, 2.24) is 0 Å². The van der Waals surface area contributed by atoms with Crippen LogP contribution in [0.25, 0.3) is 21.5 Å². The Morgan fingerprint density at radius 3 is 1.59 bits per heavy atom. The first-order valence-electron chi connectivity index (χ1n) is 13.5.